The zero-order valence-corrected chi connectivity index (χ0v) is 17.9. The van der Waals surface area contributed by atoms with Gasteiger partial charge in [0.05, 0.1) is 22.7 Å². The highest BCUT2D eigenvalue weighted by molar-refractivity contribution is 7.10. The molecule has 2 heterocycles. The number of rotatable bonds is 6. The van der Waals surface area contributed by atoms with Crippen LogP contribution < -0.4 is 5.56 Å². The van der Waals surface area contributed by atoms with E-state index in [0.29, 0.717) is 0 Å². The third-order valence-corrected chi connectivity index (χ3v) is 5.69. The Labute approximate surface area is 170 Å². The van der Waals surface area contributed by atoms with E-state index in [0.717, 1.165) is 40.5 Å². The number of hydrogen-bond acceptors (Lipinski definition) is 4. The molecule has 0 aliphatic heterocycles. The Kier molecular flexibility index (Phi) is 6.09. The third kappa shape index (κ3) is 4.57. The van der Waals surface area contributed by atoms with Crippen LogP contribution in [0.3, 0.4) is 0 Å². The van der Waals surface area contributed by atoms with Gasteiger partial charge in [0.15, 0.2) is 0 Å². The maximum absolute atomic E-state index is 11.9. The molecule has 1 aromatic carbocycles. The Bertz CT molecular complexity index is 1060. The van der Waals surface area contributed by atoms with Crippen LogP contribution in [0.1, 0.15) is 28.6 Å². The van der Waals surface area contributed by atoms with E-state index >= 15 is 0 Å². The Morgan fingerprint density at radius 1 is 1.25 bits per heavy atom. The molecule has 0 radical (unpaired) electrons. The number of aliphatic imine (C=N–C) groups is 1. The molecule has 0 N–H and O–H groups in total. The molecule has 0 aliphatic rings. The van der Waals surface area contributed by atoms with Crippen molar-refractivity contribution >= 4 is 23.4 Å². The molecule has 6 heteroatoms. The molecule has 146 valence electrons. The summed E-state index contributed by atoms with van der Waals surface area (Å²) in [4.78, 5) is 23.3. The highest BCUT2D eigenvalue weighted by Crippen LogP contribution is 2.27. The summed E-state index contributed by atoms with van der Waals surface area (Å²) in [5, 5.41) is 3.06. The van der Waals surface area contributed by atoms with Gasteiger partial charge in [0.1, 0.15) is 0 Å². The molecule has 0 spiro atoms. The van der Waals surface area contributed by atoms with Gasteiger partial charge in [0.25, 0.3) is 5.56 Å². The summed E-state index contributed by atoms with van der Waals surface area (Å²) < 4.78 is 1.56. The van der Waals surface area contributed by atoms with E-state index in [1.165, 1.54) is 11.1 Å². The summed E-state index contributed by atoms with van der Waals surface area (Å²) in [7, 11) is 3.76. The van der Waals surface area contributed by atoms with Gasteiger partial charge in [-0.25, -0.2) is 9.98 Å². The first-order valence-electron chi connectivity index (χ1n) is 9.33. The average molecular weight is 395 g/mol. The second kappa shape index (κ2) is 8.52. The topological polar surface area (TPSA) is 50.5 Å². The Morgan fingerprint density at radius 3 is 2.75 bits per heavy atom. The van der Waals surface area contributed by atoms with Gasteiger partial charge >= 0.3 is 0 Å². The van der Waals surface area contributed by atoms with Gasteiger partial charge in [-0.3, -0.25) is 4.79 Å². The minimum Gasteiger partial charge on any atom is -0.366 e. The fourth-order valence-corrected chi connectivity index (χ4v) is 3.65. The van der Waals surface area contributed by atoms with E-state index in [4.69, 9.17) is 4.98 Å². The van der Waals surface area contributed by atoms with Crippen molar-refractivity contribution in [2.45, 2.75) is 27.2 Å². The van der Waals surface area contributed by atoms with Crippen molar-refractivity contribution in [3.63, 3.8) is 0 Å². The zero-order chi connectivity index (χ0) is 20.3. The molecule has 3 rings (SSSR count). The smallest absolute Gasteiger partial charge is 0.250 e. The van der Waals surface area contributed by atoms with Crippen LogP contribution in [0.5, 0.6) is 0 Å². The maximum Gasteiger partial charge on any atom is 0.250 e. The van der Waals surface area contributed by atoms with Crippen molar-refractivity contribution in [3.8, 4) is 11.3 Å². The quantitative estimate of drug-likeness (QED) is 0.462. The second-order valence-corrected chi connectivity index (χ2v) is 7.99. The molecule has 0 aliphatic carbocycles. The van der Waals surface area contributed by atoms with E-state index in [-0.39, 0.29) is 5.56 Å². The molecule has 28 heavy (non-hydrogen) atoms. The van der Waals surface area contributed by atoms with E-state index in [9.17, 15) is 4.79 Å². The number of aryl methyl sites for hydroxylation is 3. The Hall–Kier alpha value is -2.73. The van der Waals surface area contributed by atoms with Crippen LogP contribution in [0.25, 0.3) is 11.3 Å². The summed E-state index contributed by atoms with van der Waals surface area (Å²) in [5.41, 5.74) is 6.32. The lowest BCUT2D eigenvalue weighted by Crippen LogP contribution is -2.14. The number of thiazole rings is 1. The van der Waals surface area contributed by atoms with E-state index in [1.54, 1.807) is 35.2 Å². The van der Waals surface area contributed by atoms with Crippen LogP contribution in [0, 0.1) is 13.8 Å². The molecule has 0 saturated heterocycles. The highest BCUT2D eigenvalue weighted by atomic mass is 32.1. The number of aromatic nitrogens is 2. The minimum atomic E-state index is -0.0246. The van der Waals surface area contributed by atoms with Crippen LogP contribution in [0.15, 0.2) is 45.6 Å². The monoisotopic (exact) mass is 394 g/mol. The largest absolute Gasteiger partial charge is 0.366 e. The first-order chi connectivity index (χ1) is 13.4. The Balaban J connectivity index is 1.81. The van der Waals surface area contributed by atoms with Crippen molar-refractivity contribution in [2.24, 2.45) is 12.0 Å². The first-order valence-corrected chi connectivity index (χ1v) is 10.2. The molecule has 3 aromatic rings. The van der Waals surface area contributed by atoms with Crippen LogP contribution in [0.2, 0.25) is 0 Å². The Morgan fingerprint density at radius 2 is 2.04 bits per heavy atom. The molecule has 0 fully saturated rings. The number of nitrogens with zero attached hydrogens (tertiary/aromatic N) is 4. The van der Waals surface area contributed by atoms with Gasteiger partial charge in [-0.15, -0.1) is 11.3 Å². The lowest BCUT2D eigenvalue weighted by molar-refractivity contribution is 0.552. The predicted octanol–water partition coefficient (Wildman–Crippen LogP) is 4.33. The summed E-state index contributed by atoms with van der Waals surface area (Å²) in [6, 6.07) is 7.90. The van der Waals surface area contributed by atoms with Crippen molar-refractivity contribution in [1.29, 1.82) is 0 Å². The molecule has 2 aromatic heterocycles. The molecule has 0 amide bonds. The van der Waals surface area contributed by atoms with Crippen LogP contribution in [-0.4, -0.2) is 34.4 Å². The summed E-state index contributed by atoms with van der Waals surface area (Å²) in [6.45, 7) is 7.24. The molecule has 0 bridgehead atoms. The molecular formula is C22H26N4OS. The first kappa shape index (κ1) is 20.0. The standard InChI is InChI=1S/C22H26N4OS/c1-6-25(4)14-23-19-10-15(2)18(9-16(19)3)11-21-24-20(13-28-21)17-7-8-26(5)22(27)12-17/h7-10,12-14H,6,11H2,1-5H3/b23-14+. The average Bonchev–Trinajstić information content (AvgIpc) is 3.13. The third-order valence-electron chi connectivity index (χ3n) is 4.84. The number of pyridine rings is 1. The van der Waals surface area contributed by atoms with E-state index in [2.05, 4.69) is 42.8 Å². The van der Waals surface area contributed by atoms with E-state index in [1.807, 2.05) is 24.8 Å². The normalized spacial score (nSPS) is 11.3. The molecule has 0 unspecified atom stereocenters. The molecule has 0 atom stereocenters. The zero-order valence-electron chi connectivity index (χ0n) is 17.1. The van der Waals surface area contributed by atoms with Gasteiger partial charge in [0.2, 0.25) is 0 Å². The van der Waals surface area contributed by atoms with Crippen molar-refractivity contribution in [2.75, 3.05) is 13.6 Å². The van der Waals surface area contributed by atoms with Crippen molar-refractivity contribution in [3.05, 3.63) is 67.9 Å². The minimum absolute atomic E-state index is 0.0246. The lowest BCUT2D eigenvalue weighted by Gasteiger charge is -2.11. The lowest BCUT2D eigenvalue weighted by atomic mass is 10.0. The number of benzene rings is 1. The molecular weight excluding hydrogens is 368 g/mol. The highest BCUT2D eigenvalue weighted by Gasteiger charge is 2.10. The summed E-state index contributed by atoms with van der Waals surface area (Å²) in [6.07, 6.45) is 4.43. The predicted molar refractivity (Wildman–Crippen MR) is 118 cm³/mol. The van der Waals surface area contributed by atoms with Crippen molar-refractivity contribution < 1.29 is 0 Å². The SMILES string of the molecule is CCN(C)/C=N/c1cc(C)c(Cc2nc(-c3ccn(C)c(=O)c3)cs2)cc1C. The van der Waals surface area contributed by atoms with E-state index < -0.39 is 0 Å². The van der Waals surface area contributed by atoms with Crippen LogP contribution in [0.4, 0.5) is 5.69 Å². The van der Waals surface area contributed by atoms with Gasteiger partial charge < -0.3 is 9.47 Å². The molecule has 0 saturated carbocycles. The van der Waals surface area contributed by atoms with Crippen LogP contribution in [-0.2, 0) is 13.5 Å². The fraction of sp³-hybridized carbons (Fsp3) is 0.318. The van der Waals surface area contributed by atoms with Gasteiger partial charge in [-0.05, 0) is 49.6 Å². The molecule has 5 nitrogen and oxygen atoms in total. The van der Waals surface area contributed by atoms with Gasteiger partial charge in [-0.1, -0.05) is 6.07 Å². The number of hydrogen-bond donors (Lipinski definition) is 0. The van der Waals surface area contributed by atoms with Crippen LogP contribution >= 0.6 is 11.3 Å². The summed E-state index contributed by atoms with van der Waals surface area (Å²) >= 11 is 1.63. The van der Waals surface area contributed by atoms with Gasteiger partial charge in [-0.2, -0.15) is 0 Å². The van der Waals surface area contributed by atoms with Gasteiger partial charge in [0, 0.05) is 50.3 Å². The maximum atomic E-state index is 11.9. The fourth-order valence-electron chi connectivity index (χ4n) is 2.83. The second-order valence-electron chi connectivity index (χ2n) is 7.05. The summed E-state index contributed by atoms with van der Waals surface area (Å²) in [5.74, 6) is 0. The van der Waals surface area contributed by atoms with Crippen molar-refractivity contribution in [1.82, 2.24) is 14.5 Å².